The summed E-state index contributed by atoms with van der Waals surface area (Å²) in [5.41, 5.74) is 6.11. The van der Waals surface area contributed by atoms with Gasteiger partial charge in [0.05, 0.1) is 18.8 Å². The Morgan fingerprint density at radius 3 is 3.04 bits per heavy atom. The molecular weight excluding hydrogens is 288 g/mol. The molecule has 5 heteroatoms. The van der Waals surface area contributed by atoms with Crippen molar-refractivity contribution in [2.24, 2.45) is 0 Å². The number of aliphatic hydroxyl groups excluding tert-OH is 1. The van der Waals surface area contributed by atoms with Crippen LogP contribution in [0.2, 0.25) is 0 Å². The molecule has 4 rings (SSSR count). The Hall–Kier alpha value is -2.11. The van der Waals surface area contributed by atoms with Gasteiger partial charge in [-0.3, -0.25) is 5.10 Å². The van der Waals surface area contributed by atoms with Gasteiger partial charge in [-0.2, -0.15) is 5.10 Å². The van der Waals surface area contributed by atoms with Crippen LogP contribution in [0.25, 0.3) is 10.9 Å². The number of aliphatic hydroxyl groups is 1. The number of fused-ring (bicyclic) bond motifs is 3. The lowest BCUT2D eigenvalue weighted by atomic mass is 10.0. The summed E-state index contributed by atoms with van der Waals surface area (Å²) in [6.07, 6.45) is 3.94. The van der Waals surface area contributed by atoms with Crippen molar-refractivity contribution < 1.29 is 5.11 Å². The zero-order valence-electron chi connectivity index (χ0n) is 13.6. The molecule has 0 amide bonds. The molecule has 0 radical (unpaired) electrons. The maximum absolute atomic E-state index is 10.6. The molecule has 1 aromatic carbocycles. The maximum Gasteiger partial charge on any atom is 0.0999 e. The number of aryl methyl sites for hydroxylation is 1. The number of benzene rings is 1. The fraction of sp³-hybridized carbons (Fsp3) is 0.389. The number of aromatic amines is 1. The molecule has 0 fully saturated rings. The Morgan fingerprint density at radius 1 is 1.39 bits per heavy atom. The zero-order valence-corrected chi connectivity index (χ0v) is 13.6. The van der Waals surface area contributed by atoms with Gasteiger partial charge in [0.1, 0.15) is 0 Å². The van der Waals surface area contributed by atoms with Crippen molar-refractivity contribution in [2.75, 3.05) is 13.6 Å². The summed E-state index contributed by atoms with van der Waals surface area (Å²) in [6, 6.07) is 6.61. The highest BCUT2D eigenvalue weighted by Gasteiger charge is 2.23. The van der Waals surface area contributed by atoms with Crippen LogP contribution in [-0.2, 0) is 19.5 Å². The van der Waals surface area contributed by atoms with Crippen molar-refractivity contribution >= 4 is 10.9 Å². The van der Waals surface area contributed by atoms with E-state index in [2.05, 4.69) is 51.8 Å². The molecular formula is C18H22N4O. The SMILES string of the molecule is Cc1ccc2c(c1)c1c(n2CC(O)c2cn[nH]c2)CCN(C)C1. The number of H-pyrrole nitrogens is 1. The molecule has 0 saturated heterocycles. The van der Waals surface area contributed by atoms with Crippen LogP contribution in [0.4, 0.5) is 0 Å². The molecule has 0 bridgehead atoms. The second-order valence-electron chi connectivity index (χ2n) is 6.59. The van der Waals surface area contributed by atoms with Gasteiger partial charge >= 0.3 is 0 Å². The normalized spacial score (nSPS) is 16.7. The third-order valence-corrected chi connectivity index (χ3v) is 4.86. The van der Waals surface area contributed by atoms with Crippen molar-refractivity contribution in [2.45, 2.75) is 32.5 Å². The van der Waals surface area contributed by atoms with Gasteiger partial charge in [0.15, 0.2) is 0 Å². The molecule has 1 unspecified atom stereocenters. The number of hydrogen-bond acceptors (Lipinski definition) is 3. The molecule has 23 heavy (non-hydrogen) atoms. The Labute approximate surface area is 135 Å². The lowest BCUT2D eigenvalue weighted by molar-refractivity contribution is 0.156. The number of aromatic nitrogens is 3. The third kappa shape index (κ3) is 2.46. The minimum Gasteiger partial charge on any atom is -0.386 e. The Bertz CT molecular complexity index is 834. The van der Waals surface area contributed by atoms with Gasteiger partial charge in [0.25, 0.3) is 0 Å². The smallest absolute Gasteiger partial charge is 0.0999 e. The Morgan fingerprint density at radius 2 is 2.26 bits per heavy atom. The van der Waals surface area contributed by atoms with Crippen LogP contribution in [-0.4, -0.2) is 38.4 Å². The van der Waals surface area contributed by atoms with E-state index in [9.17, 15) is 5.11 Å². The van der Waals surface area contributed by atoms with Gasteiger partial charge in [-0.15, -0.1) is 0 Å². The standard InChI is InChI=1S/C18H22N4O/c1-12-3-4-16-14(7-12)15-10-21(2)6-5-17(15)22(16)11-18(23)13-8-19-20-9-13/h3-4,7-9,18,23H,5-6,10-11H2,1-2H3,(H,19,20). The number of likely N-dealkylation sites (N-methyl/N-ethyl adjacent to an activating group) is 1. The molecule has 0 saturated carbocycles. The number of rotatable bonds is 3. The fourth-order valence-electron chi connectivity index (χ4n) is 3.63. The summed E-state index contributed by atoms with van der Waals surface area (Å²) in [7, 11) is 2.17. The maximum atomic E-state index is 10.6. The summed E-state index contributed by atoms with van der Waals surface area (Å²) in [6.45, 7) is 4.74. The van der Waals surface area contributed by atoms with Gasteiger partial charge in [-0.1, -0.05) is 11.6 Å². The van der Waals surface area contributed by atoms with Crippen molar-refractivity contribution in [1.29, 1.82) is 0 Å². The topological polar surface area (TPSA) is 57.1 Å². The first-order valence-corrected chi connectivity index (χ1v) is 8.09. The highest BCUT2D eigenvalue weighted by Crippen LogP contribution is 2.32. The van der Waals surface area contributed by atoms with Crippen LogP contribution in [0.3, 0.4) is 0 Å². The van der Waals surface area contributed by atoms with E-state index >= 15 is 0 Å². The Balaban J connectivity index is 1.82. The van der Waals surface area contributed by atoms with Crippen LogP contribution in [0, 0.1) is 6.92 Å². The zero-order chi connectivity index (χ0) is 16.0. The van der Waals surface area contributed by atoms with Gasteiger partial charge in [-0.05, 0) is 31.7 Å². The monoisotopic (exact) mass is 310 g/mol. The lowest BCUT2D eigenvalue weighted by Crippen LogP contribution is -2.27. The molecule has 1 atom stereocenters. The van der Waals surface area contributed by atoms with E-state index in [1.54, 1.807) is 12.4 Å². The van der Waals surface area contributed by atoms with E-state index in [0.29, 0.717) is 6.54 Å². The highest BCUT2D eigenvalue weighted by molar-refractivity contribution is 5.86. The van der Waals surface area contributed by atoms with Crippen molar-refractivity contribution in [3.8, 4) is 0 Å². The highest BCUT2D eigenvalue weighted by atomic mass is 16.3. The molecule has 1 aliphatic heterocycles. The van der Waals surface area contributed by atoms with E-state index in [-0.39, 0.29) is 0 Å². The molecule has 1 aliphatic rings. The Kier molecular flexibility index (Phi) is 3.47. The molecule has 2 aromatic heterocycles. The molecule has 2 N–H and O–H groups in total. The molecule has 5 nitrogen and oxygen atoms in total. The second kappa shape index (κ2) is 5.51. The number of nitrogens with one attached hydrogen (secondary N) is 1. The first-order chi connectivity index (χ1) is 11.1. The van der Waals surface area contributed by atoms with E-state index in [1.165, 1.54) is 27.7 Å². The molecule has 0 aliphatic carbocycles. The average molecular weight is 310 g/mol. The van der Waals surface area contributed by atoms with Gasteiger partial charge in [0, 0.05) is 47.9 Å². The lowest BCUT2D eigenvalue weighted by Gasteiger charge is -2.24. The predicted octanol–water partition coefficient (Wildman–Crippen LogP) is 2.39. The summed E-state index contributed by atoms with van der Waals surface area (Å²) in [5.74, 6) is 0. The largest absolute Gasteiger partial charge is 0.386 e. The average Bonchev–Trinajstić information content (AvgIpc) is 3.15. The minimum atomic E-state index is -0.547. The number of hydrogen-bond donors (Lipinski definition) is 2. The van der Waals surface area contributed by atoms with Crippen LogP contribution >= 0.6 is 0 Å². The first kappa shape index (κ1) is 14.5. The van der Waals surface area contributed by atoms with Crippen LogP contribution in [0.15, 0.2) is 30.6 Å². The first-order valence-electron chi connectivity index (χ1n) is 8.09. The molecule has 3 heterocycles. The van der Waals surface area contributed by atoms with E-state index in [4.69, 9.17) is 0 Å². The second-order valence-corrected chi connectivity index (χ2v) is 6.59. The van der Waals surface area contributed by atoms with Gasteiger partial charge < -0.3 is 14.6 Å². The van der Waals surface area contributed by atoms with E-state index in [1.807, 2.05) is 0 Å². The van der Waals surface area contributed by atoms with E-state index in [0.717, 1.165) is 25.1 Å². The van der Waals surface area contributed by atoms with Crippen molar-refractivity contribution in [1.82, 2.24) is 19.7 Å². The van der Waals surface area contributed by atoms with Gasteiger partial charge in [-0.25, -0.2) is 0 Å². The van der Waals surface area contributed by atoms with Crippen LogP contribution in [0.1, 0.15) is 28.5 Å². The van der Waals surface area contributed by atoms with Crippen LogP contribution < -0.4 is 0 Å². The van der Waals surface area contributed by atoms with Crippen molar-refractivity contribution in [3.63, 3.8) is 0 Å². The molecule has 120 valence electrons. The summed E-state index contributed by atoms with van der Waals surface area (Å²) in [4.78, 5) is 2.36. The molecule has 0 spiro atoms. The third-order valence-electron chi connectivity index (χ3n) is 4.86. The minimum absolute atomic E-state index is 0.547. The van der Waals surface area contributed by atoms with Gasteiger partial charge in [0.2, 0.25) is 0 Å². The molecule has 3 aromatic rings. The van der Waals surface area contributed by atoms with Crippen LogP contribution in [0.5, 0.6) is 0 Å². The fourth-order valence-corrected chi connectivity index (χ4v) is 3.63. The quantitative estimate of drug-likeness (QED) is 0.781. The van der Waals surface area contributed by atoms with E-state index < -0.39 is 6.10 Å². The summed E-state index contributed by atoms with van der Waals surface area (Å²) in [5, 5.41) is 18.6. The van der Waals surface area contributed by atoms with Crippen molar-refractivity contribution in [3.05, 3.63) is 53.0 Å². The predicted molar refractivity (Wildman–Crippen MR) is 90.3 cm³/mol. The number of nitrogens with zero attached hydrogens (tertiary/aromatic N) is 3. The summed E-state index contributed by atoms with van der Waals surface area (Å²) >= 11 is 0. The summed E-state index contributed by atoms with van der Waals surface area (Å²) < 4.78 is 2.30.